The Kier molecular flexibility index (Phi) is 6.34. The highest BCUT2D eigenvalue weighted by molar-refractivity contribution is 7.87. The van der Waals surface area contributed by atoms with E-state index in [1.807, 2.05) is 6.92 Å². The van der Waals surface area contributed by atoms with Gasteiger partial charge in [0.05, 0.1) is 17.3 Å². The summed E-state index contributed by atoms with van der Waals surface area (Å²) in [7, 11) is -1.78. The zero-order valence-electron chi connectivity index (χ0n) is 13.5. The molecular weight excluding hydrogens is 322 g/mol. The Morgan fingerprint density at radius 3 is 2.91 bits per heavy atom. The van der Waals surface area contributed by atoms with Crippen LogP contribution in [0.2, 0.25) is 0 Å². The van der Waals surface area contributed by atoms with Crippen LogP contribution in [-0.4, -0.2) is 44.5 Å². The second-order valence-corrected chi connectivity index (χ2v) is 8.54. The number of nitrogens with zero attached hydrogens (tertiary/aromatic N) is 2. The molecule has 1 aliphatic rings. The van der Waals surface area contributed by atoms with Gasteiger partial charge in [0.15, 0.2) is 0 Å². The van der Waals surface area contributed by atoms with Crippen LogP contribution in [0.15, 0.2) is 0 Å². The van der Waals surface area contributed by atoms with Gasteiger partial charge < -0.3 is 4.74 Å². The molecule has 0 aromatic carbocycles. The van der Waals surface area contributed by atoms with E-state index < -0.39 is 10.2 Å². The molecule has 0 saturated carbocycles. The number of thiazole rings is 1. The number of hydrogen-bond donors (Lipinski definition) is 1. The number of hydrogen-bond acceptors (Lipinski definition) is 5. The Morgan fingerprint density at radius 1 is 1.50 bits per heavy atom. The van der Waals surface area contributed by atoms with E-state index in [1.54, 1.807) is 18.4 Å². The summed E-state index contributed by atoms with van der Waals surface area (Å²) in [5.41, 5.74) is 0.917. The van der Waals surface area contributed by atoms with Gasteiger partial charge >= 0.3 is 0 Å². The predicted octanol–water partition coefficient (Wildman–Crippen LogP) is 1.71. The summed E-state index contributed by atoms with van der Waals surface area (Å²) >= 11 is 1.58. The zero-order chi connectivity index (χ0) is 16.2. The van der Waals surface area contributed by atoms with Crippen LogP contribution >= 0.6 is 11.3 Å². The van der Waals surface area contributed by atoms with Crippen molar-refractivity contribution in [2.45, 2.75) is 39.7 Å². The van der Waals surface area contributed by atoms with Gasteiger partial charge in [-0.25, -0.2) is 4.98 Å². The van der Waals surface area contributed by atoms with Crippen LogP contribution in [0.1, 0.15) is 35.3 Å². The third-order valence-corrected chi connectivity index (χ3v) is 6.70. The number of methoxy groups -OCH3 is 1. The van der Waals surface area contributed by atoms with Crippen molar-refractivity contribution in [2.75, 3.05) is 26.8 Å². The predicted molar refractivity (Wildman–Crippen MR) is 88.2 cm³/mol. The molecule has 2 rings (SSSR count). The maximum Gasteiger partial charge on any atom is 0.279 e. The largest absolute Gasteiger partial charge is 0.384 e. The molecule has 1 aliphatic heterocycles. The smallest absolute Gasteiger partial charge is 0.279 e. The number of piperidine rings is 1. The van der Waals surface area contributed by atoms with Crippen molar-refractivity contribution in [1.29, 1.82) is 0 Å². The molecule has 1 N–H and O–H groups in total. The first-order valence-electron chi connectivity index (χ1n) is 7.65. The highest BCUT2D eigenvalue weighted by Gasteiger charge is 2.28. The molecule has 1 fully saturated rings. The van der Waals surface area contributed by atoms with Crippen molar-refractivity contribution in [2.24, 2.45) is 5.92 Å². The van der Waals surface area contributed by atoms with Gasteiger partial charge in [0.25, 0.3) is 10.2 Å². The summed E-state index contributed by atoms with van der Waals surface area (Å²) in [4.78, 5) is 5.42. The normalized spacial score (nSPS) is 20.4. The number of aromatic nitrogens is 1. The molecule has 1 unspecified atom stereocenters. The maximum absolute atomic E-state index is 12.5. The molecule has 1 aromatic heterocycles. The molecule has 0 bridgehead atoms. The first-order valence-corrected chi connectivity index (χ1v) is 9.90. The lowest BCUT2D eigenvalue weighted by molar-refractivity contribution is 0.118. The molecule has 0 spiro atoms. The van der Waals surface area contributed by atoms with Gasteiger partial charge in [0.1, 0.15) is 0 Å². The molecule has 22 heavy (non-hydrogen) atoms. The van der Waals surface area contributed by atoms with Crippen molar-refractivity contribution in [3.8, 4) is 0 Å². The molecule has 8 heteroatoms. The van der Waals surface area contributed by atoms with E-state index in [1.165, 1.54) is 4.31 Å². The second-order valence-electron chi connectivity index (χ2n) is 5.62. The van der Waals surface area contributed by atoms with Gasteiger partial charge in [-0.1, -0.05) is 6.92 Å². The molecule has 2 heterocycles. The van der Waals surface area contributed by atoms with Gasteiger partial charge in [0.2, 0.25) is 0 Å². The molecule has 1 aromatic rings. The monoisotopic (exact) mass is 347 g/mol. The third kappa shape index (κ3) is 4.48. The first-order chi connectivity index (χ1) is 10.5. The number of ether oxygens (including phenoxy) is 1. The van der Waals surface area contributed by atoms with Crippen molar-refractivity contribution in [3.05, 3.63) is 15.6 Å². The van der Waals surface area contributed by atoms with E-state index in [0.29, 0.717) is 26.2 Å². The van der Waals surface area contributed by atoms with E-state index in [-0.39, 0.29) is 5.92 Å². The molecule has 1 saturated heterocycles. The zero-order valence-corrected chi connectivity index (χ0v) is 15.1. The quantitative estimate of drug-likeness (QED) is 0.815. The highest BCUT2D eigenvalue weighted by atomic mass is 32.2. The molecule has 0 radical (unpaired) electrons. The number of aryl methyl sites for hydroxylation is 2. The van der Waals surface area contributed by atoms with E-state index in [2.05, 4.69) is 16.6 Å². The average Bonchev–Trinajstić information content (AvgIpc) is 2.86. The lowest BCUT2D eigenvalue weighted by Gasteiger charge is -2.31. The number of nitrogens with one attached hydrogen (secondary N) is 1. The Balaban J connectivity index is 1.96. The van der Waals surface area contributed by atoms with Gasteiger partial charge in [-0.2, -0.15) is 17.4 Å². The fourth-order valence-corrected chi connectivity index (χ4v) is 4.99. The fourth-order valence-electron chi connectivity index (χ4n) is 2.67. The van der Waals surface area contributed by atoms with Crippen molar-refractivity contribution >= 4 is 21.5 Å². The van der Waals surface area contributed by atoms with Crippen molar-refractivity contribution in [1.82, 2.24) is 14.0 Å². The average molecular weight is 348 g/mol. The van der Waals surface area contributed by atoms with E-state index >= 15 is 0 Å². The van der Waals surface area contributed by atoms with Crippen LogP contribution in [-0.2, 0) is 27.9 Å². The van der Waals surface area contributed by atoms with Crippen LogP contribution in [0.4, 0.5) is 0 Å². The van der Waals surface area contributed by atoms with Crippen LogP contribution in [0, 0.1) is 12.8 Å². The minimum atomic E-state index is -3.44. The summed E-state index contributed by atoms with van der Waals surface area (Å²) < 4.78 is 34.3. The molecule has 0 aliphatic carbocycles. The fraction of sp³-hybridized carbons (Fsp3) is 0.786. The minimum Gasteiger partial charge on any atom is -0.384 e. The Morgan fingerprint density at radius 2 is 2.27 bits per heavy atom. The van der Waals surface area contributed by atoms with Crippen molar-refractivity contribution < 1.29 is 13.2 Å². The van der Waals surface area contributed by atoms with Gasteiger partial charge in [0, 0.05) is 31.6 Å². The topological polar surface area (TPSA) is 71.5 Å². The molecule has 6 nitrogen and oxygen atoms in total. The molecular formula is C14H25N3O3S2. The lowest BCUT2D eigenvalue weighted by Crippen LogP contribution is -2.46. The summed E-state index contributed by atoms with van der Waals surface area (Å²) in [6.45, 7) is 6.02. The molecule has 126 valence electrons. The van der Waals surface area contributed by atoms with Crippen LogP contribution in [0.5, 0.6) is 0 Å². The number of rotatable bonds is 7. The SMILES string of the molecule is CCc1nc(C)c(CNS(=O)(=O)N2CCCC(COC)C2)s1. The van der Waals surface area contributed by atoms with Crippen LogP contribution in [0.25, 0.3) is 0 Å². The minimum absolute atomic E-state index is 0.284. The van der Waals surface area contributed by atoms with Crippen LogP contribution < -0.4 is 4.72 Å². The maximum atomic E-state index is 12.5. The summed E-state index contributed by atoms with van der Waals surface area (Å²) in [6, 6.07) is 0. The second kappa shape index (κ2) is 7.83. The summed E-state index contributed by atoms with van der Waals surface area (Å²) in [6.07, 6.45) is 2.78. The lowest BCUT2D eigenvalue weighted by atomic mass is 10.0. The molecule has 0 amide bonds. The van der Waals surface area contributed by atoms with Crippen LogP contribution in [0.3, 0.4) is 0 Å². The van der Waals surface area contributed by atoms with E-state index in [9.17, 15) is 8.42 Å². The first kappa shape index (κ1) is 17.8. The summed E-state index contributed by atoms with van der Waals surface area (Å²) in [5.74, 6) is 0.284. The highest BCUT2D eigenvalue weighted by Crippen LogP contribution is 2.21. The Bertz CT molecular complexity index is 584. The third-order valence-electron chi connectivity index (χ3n) is 3.88. The molecule has 1 atom stereocenters. The van der Waals surface area contributed by atoms with Gasteiger partial charge in [-0.15, -0.1) is 11.3 Å². The Labute approximate surface area is 137 Å². The Hall–Kier alpha value is -0.540. The van der Waals surface area contributed by atoms with Gasteiger partial charge in [-0.3, -0.25) is 0 Å². The van der Waals surface area contributed by atoms with Crippen molar-refractivity contribution in [3.63, 3.8) is 0 Å². The van der Waals surface area contributed by atoms with Gasteiger partial charge in [-0.05, 0) is 32.1 Å². The van der Waals surface area contributed by atoms with E-state index in [0.717, 1.165) is 34.8 Å². The van der Waals surface area contributed by atoms with E-state index in [4.69, 9.17) is 4.74 Å². The standard InChI is InChI=1S/C14H25N3O3S2/c1-4-14-16-11(2)13(21-14)8-15-22(18,19)17-7-5-6-12(9-17)10-20-3/h12,15H,4-10H2,1-3H3. The summed E-state index contributed by atoms with van der Waals surface area (Å²) in [5, 5.41) is 1.05.